The Morgan fingerprint density at radius 1 is 1.25 bits per heavy atom. The lowest BCUT2D eigenvalue weighted by Gasteiger charge is -2.13. The summed E-state index contributed by atoms with van der Waals surface area (Å²) >= 11 is 1.11. The molecular weight excluding hydrogens is 338 g/mol. The molecule has 0 saturated heterocycles. The Kier molecular flexibility index (Phi) is 3.10. The third-order valence-corrected chi connectivity index (χ3v) is 4.77. The van der Waals surface area contributed by atoms with Crippen molar-refractivity contribution < 1.29 is 23.5 Å². The number of benzene rings is 1. The lowest BCUT2D eigenvalue weighted by atomic mass is 10.0. The van der Waals surface area contributed by atoms with E-state index in [9.17, 15) is 23.5 Å². The summed E-state index contributed by atoms with van der Waals surface area (Å²) in [5, 5.41) is 15.3. The van der Waals surface area contributed by atoms with E-state index in [2.05, 4.69) is 5.10 Å². The molecule has 24 heavy (non-hydrogen) atoms. The predicted molar refractivity (Wildman–Crippen MR) is 81.8 cm³/mol. The van der Waals surface area contributed by atoms with Gasteiger partial charge < -0.3 is 5.11 Å². The van der Waals surface area contributed by atoms with Crippen LogP contribution in [-0.2, 0) is 6.42 Å². The molecule has 1 aliphatic rings. The van der Waals surface area contributed by atoms with Crippen molar-refractivity contribution in [2.24, 2.45) is 0 Å². The van der Waals surface area contributed by atoms with E-state index in [0.717, 1.165) is 23.5 Å². The molecule has 2 aromatic heterocycles. The number of nitrogens with zero attached hydrogens (tertiary/aromatic N) is 2. The molecule has 0 bridgehead atoms. The highest BCUT2D eigenvalue weighted by Crippen LogP contribution is 2.34. The molecular formula is C16H8F2N2O3S. The van der Waals surface area contributed by atoms with E-state index < -0.39 is 17.6 Å². The summed E-state index contributed by atoms with van der Waals surface area (Å²) in [6, 6.07) is 5.05. The third-order valence-electron chi connectivity index (χ3n) is 3.81. The fourth-order valence-electron chi connectivity index (χ4n) is 2.70. The van der Waals surface area contributed by atoms with Gasteiger partial charge in [-0.2, -0.15) is 5.10 Å². The second kappa shape index (κ2) is 5.07. The van der Waals surface area contributed by atoms with Crippen LogP contribution < -0.4 is 0 Å². The molecule has 4 rings (SSSR count). The van der Waals surface area contributed by atoms with Crippen molar-refractivity contribution in [1.29, 1.82) is 0 Å². The van der Waals surface area contributed by atoms with Gasteiger partial charge >= 0.3 is 5.97 Å². The molecule has 0 amide bonds. The van der Waals surface area contributed by atoms with Gasteiger partial charge in [-0.05, 0) is 24.3 Å². The second-order valence-electron chi connectivity index (χ2n) is 5.30. The summed E-state index contributed by atoms with van der Waals surface area (Å²) < 4.78 is 28.0. The van der Waals surface area contributed by atoms with Crippen LogP contribution in [0.15, 0.2) is 29.6 Å². The van der Waals surface area contributed by atoms with E-state index in [-0.39, 0.29) is 23.3 Å². The molecule has 0 fully saturated rings. The van der Waals surface area contributed by atoms with Crippen molar-refractivity contribution >= 4 is 23.1 Å². The number of hydrogen-bond acceptors (Lipinski definition) is 4. The smallest absolute Gasteiger partial charge is 0.337 e. The molecule has 0 unspecified atom stereocenters. The standard InChI is InChI=1S/C16H8F2N2O3S/c17-10-2-1-7(3-11(10)18)12-4-8-5-13(21)14-9(16(22)23)6-24-15(14)20(8)19-12/h1-4,6H,5H2,(H,22,23). The quantitative estimate of drug-likeness (QED) is 0.773. The number of rotatable bonds is 2. The number of aromatic carboxylic acids is 1. The van der Waals surface area contributed by atoms with Gasteiger partial charge in [0.25, 0.3) is 0 Å². The molecule has 0 atom stereocenters. The normalized spacial score (nSPS) is 12.8. The third kappa shape index (κ3) is 2.07. The van der Waals surface area contributed by atoms with Crippen molar-refractivity contribution in [3.8, 4) is 16.3 Å². The largest absolute Gasteiger partial charge is 0.478 e. The zero-order valence-electron chi connectivity index (χ0n) is 11.9. The summed E-state index contributed by atoms with van der Waals surface area (Å²) in [5.41, 5.74) is 1.43. The number of Topliss-reactive ketones (excluding diaryl/α,β-unsaturated/α-hetero) is 1. The first kappa shape index (κ1) is 14.7. The minimum absolute atomic E-state index is 0.000685. The van der Waals surface area contributed by atoms with E-state index in [1.165, 1.54) is 16.1 Å². The number of carbonyl (C=O) groups excluding carboxylic acids is 1. The van der Waals surface area contributed by atoms with E-state index in [0.29, 0.717) is 22.0 Å². The van der Waals surface area contributed by atoms with Crippen LogP contribution in [0.3, 0.4) is 0 Å². The van der Waals surface area contributed by atoms with E-state index in [4.69, 9.17) is 0 Å². The molecule has 8 heteroatoms. The Balaban J connectivity index is 1.87. The monoisotopic (exact) mass is 346 g/mol. The molecule has 120 valence electrons. The van der Waals surface area contributed by atoms with Crippen LogP contribution in [-0.4, -0.2) is 26.6 Å². The highest BCUT2D eigenvalue weighted by molar-refractivity contribution is 7.13. The van der Waals surface area contributed by atoms with Crippen LogP contribution >= 0.6 is 11.3 Å². The van der Waals surface area contributed by atoms with Crippen LogP contribution in [0.25, 0.3) is 16.3 Å². The first-order valence-electron chi connectivity index (χ1n) is 6.88. The molecule has 0 radical (unpaired) electrons. The number of ketones is 1. The zero-order valence-corrected chi connectivity index (χ0v) is 12.7. The van der Waals surface area contributed by atoms with Gasteiger partial charge in [-0.3, -0.25) is 4.79 Å². The summed E-state index contributed by atoms with van der Waals surface area (Å²) in [6.07, 6.45) is 0.000685. The zero-order chi connectivity index (χ0) is 17.0. The van der Waals surface area contributed by atoms with Gasteiger partial charge in [0.1, 0.15) is 5.00 Å². The first-order chi connectivity index (χ1) is 11.5. The summed E-state index contributed by atoms with van der Waals surface area (Å²) in [5.74, 6) is -3.41. The maximum Gasteiger partial charge on any atom is 0.337 e. The van der Waals surface area contributed by atoms with E-state index in [1.807, 2.05) is 0 Å². The van der Waals surface area contributed by atoms with Gasteiger partial charge in [0.05, 0.1) is 28.9 Å². The number of fused-ring (bicyclic) bond motifs is 3. The molecule has 1 aromatic carbocycles. The van der Waals surface area contributed by atoms with Crippen LogP contribution in [0.4, 0.5) is 8.78 Å². The molecule has 1 aliphatic heterocycles. The highest BCUT2D eigenvalue weighted by atomic mass is 32.1. The fraction of sp³-hybridized carbons (Fsp3) is 0.0625. The average Bonchev–Trinajstić information content (AvgIpc) is 3.13. The minimum Gasteiger partial charge on any atom is -0.478 e. The van der Waals surface area contributed by atoms with Crippen LogP contribution in [0.1, 0.15) is 26.4 Å². The van der Waals surface area contributed by atoms with Gasteiger partial charge in [0.15, 0.2) is 17.4 Å². The molecule has 1 N–H and O–H groups in total. The second-order valence-corrected chi connectivity index (χ2v) is 6.15. The highest BCUT2D eigenvalue weighted by Gasteiger charge is 2.31. The van der Waals surface area contributed by atoms with Gasteiger partial charge in [0.2, 0.25) is 0 Å². The Bertz CT molecular complexity index is 1020. The predicted octanol–water partition coefficient (Wildman–Crippen LogP) is 3.32. The number of carboxylic acids is 1. The number of carboxylic acid groups (broad SMARTS) is 1. The summed E-state index contributed by atoms with van der Waals surface area (Å²) in [6.45, 7) is 0. The Morgan fingerprint density at radius 3 is 2.75 bits per heavy atom. The van der Waals surface area contributed by atoms with Crippen molar-refractivity contribution in [3.05, 3.63) is 58.1 Å². The maximum atomic E-state index is 13.4. The Labute approximate surface area is 137 Å². The van der Waals surface area contributed by atoms with Gasteiger partial charge in [-0.25, -0.2) is 18.3 Å². The number of hydrogen-bond donors (Lipinski definition) is 1. The fourth-order valence-corrected chi connectivity index (χ4v) is 3.75. The van der Waals surface area contributed by atoms with Gasteiger partial charge in [-0.1, -0.05) is 0 Å². The van der Waals surface area contributed by atoms with Crippen LogP contribution in [0.2, 0.25) is 0 Å². The van der Waals surface area contributed by atoms with Gasteiger partial charge in [-0.15, -0.1) is 11.3 Å². The lowest BCUT2D eigenvalue weighted by molar-refractivity contribution is 0.0692. The molecule has 0 aliphatic carbocycles. The van der Waals surface area contributed by atoms with Gasteiger partial charge in [0, 0.05) is 10.9 Å². The summed E-state index contributed by atoms with van der Waals surface area (Å²) in [4.78, 5) is 23.5. The molecule has 3 aromatic rings. The van der Waals surface area contributed by atoms with E-state index in [1.54, 1.807) is 6.07 Å². The van der Waals surface area contributed by atoms with Crippen molar-refractivity contribution in [2.75, 3.05) is 0 Å². The number of carbonyl (C=O) groups is 2. The average molecular weight is 346 g/mol. The molecule has 0 spiro atoms. The number of aromatic nitrogens is 2. The van der Waals surface area contributed by atoms with E-state index >= 15 is 0 Å². The summed E-state index contributed by atoms with van der Waals surface area (Å²) in [7, 11) is 0. The lowest BCUT2D eigenvalue weighted by Crippen LogP contribution is -2.19. The van der Waals surface area contributed by atoms with Crippen LogP contribution in [0.5, 0.6) is 0 Å². The maximum absolute atomic E-state index is 13.4. The van der Waals surface area contributed by atoms with Crippen molar-refractivity contribution in [3.63, 3.8) is 0 Å². The Hall–Kier alpha value is -2.87. The number of halogens is 2. The molecule has 3 heterocycles. The topological polar surface area (TPSA) is 72.2 Å². The minimum atomic E-state index is -1.17. The number of thiophene rings is 1. The van der Waals surface area contributed by atoms with Crippen molar-refractivity contribution in [2.45, 2.75) is 6.42 Å². The SMILES string of the molecule is O=C(O)c1csc2c1C(=O)Cc1cc(-c3ccc(F)c(F)c3)nn1-2. The van der Waals surface area contributed by atoms with Crippen molar-refractivity contribution in [1.82, 2.24) is 9.78 Å². The van der Waals surface area contributed by atoms with Crippen LogP contribution in [0, 0.1) is 11.6 Å². The molecule has 5 nitrogen and oxygen atoms in total. The first-order valence-corrected chi connectivity index (χ1v) is 7.76. The molecule has 0 saturated carbocycles. The Morgan fingerprint density at radius 2 is 2.04 bits per heavy atom.